The molecule has 3 heterocycles. The summed E-state index contributed by atoms with van der Waals surface area (Å²) < 4.78 is 7.37. The molecule has 0 aliphatic heterocycles. The van der Waals surface area contributed by atoms with Crippen LogP contribution in [-0.4, -0.2) is 13.7 Å². The number of hydrogen-bond donors (Lipinski definition) is 0. The van der Waals surface area contributed by atoms with E-state index in [0.29, 0.717) is 0 Å². The number of para-hydroxylation sites is 6. The van der Waals surface area contributed by atoms with Crippen LogP contribution in [0.5, 0.6) is 0 Å². The first-order chi connectivity index (χ1) is 28.3. The zero-order valence-corrected chi connectivity index (χ0v) is 31.0. The molecule has 0 amide bonds. The molecule has 0 unspecified atom stereocenters. The van der Waals surface area contributed by atoms with Crippen LogP contribution < -0.4 is 0 Å². The highest BCUT2D eigenvalue weighted by atomic mass is 15.0. The Hall–Kier alpha value is -7.62. The van der Waals surface area contributed by atoms with Gasteiger partial charge in [-0.2, -0.15) is 0 Å². The molecule has 12 rings (SSSR count). The van der Waals surface area contributed by atoms with Crippen molar-refractivity contribution in [2.75, 3.05) is 0 Å². The Bertz CT molecular complexity index is 3500. The van der Waals surface area contributed by atoms with Crippen molar-refractivity contribution in [1.29, 1.82) is 0 Å². The second-order valence-electron chi connectivity index (χ2n) is 14.9. The van der Waals surface area contributed by atoms with E-state index >= 15 is 0 Å². The summed E-state index contributed by atoms with van der Waals surface area (Å²) in [5.74, 6) is 0. The van der Waals surface area contributed by atoms with Crippen molar-refractivity contribution in [2.45, 2.75) is 0 Å². The van der Waals surface area contributed by atoms with Crippen LogP contribution in [0.25, 0.3) is 105 Å². The third-order valence-corrected chi connectivity index (χ3v) is 11.8. The highest BCUT2D eigenvalue weighted by Gasteiger charge is 2.23. The van der Waals surface area contributed by atoms with E-state index in [2.05, 4.69) is 226 Å². The predicted molar refractivity (Wildman–Crippen MR) is 240 cm³/mol. The van der Waals surface area contributed by atoms with E-state index in [1.54, 1.807) is 0 Å². The van der Waals surface area contributed by atoms with Gasteiger partial charge >= 0.3 is 0 Å². The second-order valence-corrected chi connectivity index (χ2v) is 14.9. The molecule has 0 spiro atoms. The Labute approximate surface area is 329 Å². The molecule has 3 heteroatoms. The molecule has 3 nitrogen and oxygen atoms in total. The van der Waals surface area contributed by atoms with Crippen molar-refractivity contribution in [3.8, 4) is 39.3 Å². The highest BCUT2D eigenvalue weighted by Crippen LogP contribution is 2.46. The molecule has 12 aromatic rings. The first-order valence-electron chi connectivity index (χ1n) is 19.6. The quantitative estimate of drug-likeness (QED) is 0.168. The molecule has 57 heavy (non-hydrogen) atoms. The lowest BCUT2D eigenvalue weighted by Crippen LogP contribution is -1.99. The van der Waals surface area contributed by atoms with Gasteiger partial charge in [-0.1, -0.05) is 146 Å². The standard InChI is InChI=1S/C54H35N3/c1-4-17-36(18-5-1)37-31-32-49-45(35-37)53-50(55(49)38-19-6-2-7-20-38)33-34-51-52(53)44-25-12-15-30-48(44)57(51)47-29-14-11-24-41(47)43-27-16-26-42-40-23-10-13-28-46(40)56(54(42)43)39-21-8-3-9-22-39/h1-35H. The predicted octanol–water partition coefficient (Wildman–Crippen LogP) is 14.3. The number of rotatable bonds is 5. The summed E-state index contributed by atoms with van der Waals surface area (Å²) in [4.78, 5) is 0. The van der Waals surface area contributed by atoms with Gasteiger partial charge in [-0.05, 0) is 77.9 Å². The van der Waals surface area contributed by atoms with E-state index < -0.39 is 0 Å². The van der Waals surface area contributed by atoms with Crippen molar-refractivity contribution in [3.05, 3.63) is 212 Å². The molecule has 0 fully saturated rings. The van der Waals surface area contributed by atoms with E-state index in [4.69, 9.17) is 0 Å². The number of fused-ring (bicyclic) bond motifs is 10. The van der Waals surface area contributed by atoms with Crippen LogP contribution in [0.2, 0.25) is 0 Å². The van der Waals surface area contributed by atoms with Crippen LogP contribution >= 0.6 is 0 Å². The molecular weight excluding hydrogens is 691 g/mol. The summed E-state index contributed by atoms with van der Waals surface area (Å²) in [6.07, 6.45) is 0. The Balaban J connectivity index is 1.20. The lowest BCUT2D eigenvalue weighted by Gasteiger charge is -2.17. The molecule has 0 aliphatic rings. The Morgan fingerprint density at radius 2 is 0.772 bits per heavy atom. The molecule has 0 saturated carbocycles. The van der Waals surface area contributed by atoms with Crippen LogP contribution in [0.15, 0.2) is 212 Å². The van der Waals surface area contributed by atoms with Gasteiger partial charge < -0.3 is 13.7 Å². The van der Waals surface area contributed by atoms with Gasteiger partial charge in [0.05, 0.1) is 38.8 Å². The topological polar surface area (TPSA) is 14.8 Å². The van der Waals surface area contributed by atoms with Gasteiger partial charge in [0.15, 0.2) is 0 Å². The minimum Gasteiger partial charge on any atom is -0.309 e. The van der Waals surface area contributed by atoms with E-state index in [0.717, 1.165) is 17.1 Å². The number of aromatic nitrogens is 3. The summed E-state index contributed by atoms with van der Waals surface area (Å²) in [6.45, 7) is 0. The van der Waals surface area contributed by atoms with Crippen molar-refractivity contribution >= 4 is 65.4 Å². The first-order valence-corrected chi connectivity index (χ1v) is 19.6. The van der Waals surface area contributed by atoms with Crippen LogP contribution in [-0.2, 0) is 0 Å². The normalized spacial score (nSPS) is 11.9. The second kappa shape index (κ2) is 12.5. The molecule has 0 bridgehead atoms. The average Bonchev–Trinajstić information content (AvgIpc) is 3.93. The van der Waals surface area contributed by atoms with Gasteiger partial charge in [-0.25, -0.2) is 0 Å². The van der Waals surface area contributed by atoms with Crippen molar-refractivity contribution in [1.82, 2.24) is 13.7 Å². The lowest BCUT2D eigenvalue weighted by atomic mass is 9.99. The molecule has 3 aromatic heterocycles. The van der Waals surface area contributed by atoms with E-state index in [9.17, 15) is 0 Å². The summed E-state index contributed by atoms with van der Waals surface area (Å²) in [6, 6.07) is 77.4. The van der Waals surface area contributed by atoms with Gasteiger partial charge in [0.2, 0.25) is 0 Å². The SMILES string of the molecule is c1ccc(-c2ccc3c(c2)c2c4c5ccccc5n(-c5ccccc5-c5cccc6c7ccccc7n(-c7ccccc7)c56)c4ccc2n3-c2ccccc2)cc1. The van der Waals surface area contributed by atoms with E-state index in [-0.39, 0.29) is 0 Å². The van der Waals surface area contributed by atoms with E-state index in [1.807, 2.05) is 0 Å². The Morgan fingerprint density at radius 3 is 1.53 bits per heavy atom. The summed E-state index contributed by atoms with van der Waals surface area (Å²) in [5.41, 5.74) is 15.4. The number of hydrogen-bond acceptors (Lipinski definition) is 0. The van der Waals surface area contributed by atoms with Gasteiger partial charge in [0, 0.05) is 54.8 Å². The molecule has 0 radical (unpaired) electrons. The molecule has 0 atom stereocenters. The molecule has 0 N–H and O–H groups in total. The minimum absolute atomic E-state index is 1.15. The maximum absolute atomic E-state index is 2.50. The van der Waals surface area contributed by atoms with Gasteiger partial charge in [0.1, 0.15) is 0 Å². The van der Waals surface area contributed by atoms with Crippen LogP contribution in [0, 0.1) is 0 Å². The monoisotopic (exact) mass is 725 g/mol. The van der Waals surface area contributed by atoms with Crippen molar-refractivity contribution in [2.24, 2.45) is 0 Å². The van der Waals surface area contributed by atoms with Crippen LogP contribution in [0.1, 0.15) is 0 Å². The largest absolute Gasteiger partial charge is 0.309 e. The number of benzene rings is 9. The third kappa shape index (κ3) is 4.66. The average molecular weight is 726 g/mol. The molecular formula is C54H35N3. The highest BCUT2D eigenvalue weighted by molar-refractivity contribution is 6.29. The van der Waals surface area contributed by atoms with Gasteiger partial charge in [0.25, 0.3) is 0 Å². The fraction of sp³-hybridized carbons (Fsp3) is 0. The molecule has 0 saturated heterocycles. The Morgan fingerprint density at radius 1 is 0.263 bits per heavy atom. The smallest absolute Gasteiger partial charge is 0.0620 e. The third-order valence-electron chi connectivity index (χ3n) is 11.8. The zero-order valence-electron chi connectivity index (χ0n) is 31.0. The maximum Gasteiger partial charge on any atom is 0.0620 e. The fourth-order valence-corrected chi connectivity index (χ4v) is 9.47. The van der Waals surface area contributed by atoms with Crippen molar-refractivity contribution < 1.29 is 0 Å². The van der Waals surface area contributed by atoms with Crippen LogP contribution in [0.4, 0.5) is 0 Å². The summed E-state index contributed by atoms with van der Waals surface area (Å²) in [5, 5.41) is 7.51. The summed E-state index contributed by atoms with van der Waals surface area (Å²) in [7, 11) is 0. The molecule has 0 aliphatic carbocycles. The van der Waals surface area contributed by atoms with Gasteiger partial charge in [-0.15, -0.1) is 0 Å². The molecule has 9 aromatic carbocycles. The first kappa shape index (κ1) is 31.7. The fourth-order valence-electron chi connectivity index (χ4n) is 9.47. The summed E-state index contributed by atoms with van der Waals surface area (Å²) >= 11 is 0. The maximum atomic E-state index is 2.50. The number of nitrogens with zero attached hydrogens (tertiary/aromatic N) is 3. The van der Waals surface area contributed by atoms with Crippen LogP contribution in [0.3, 0.4) is 0 Å². The lowest BCUT2D eigenvalue weighted by molar-refractivity contribution is 1.17. The van der Waals surface area contributed by atoms with Crippen molar-refractivity contribution in [3.63, 3.8) is 0 Å². The Kier molecular flexibility index (Phi) is 6.93. The minimum atomic E-state index is 1.15. The van der Waals surface area contributed by atoms with E-state index in [1.165, 1.54) is 87.7 Å². The zero-order chi connectivity index (χ0) is 37.5. The van der Waals surface area contributed by atoms with Gasteiger partial charge in [-0.3, -0.25) is 0 Å². The molecule has 266 valence electrons.